The van der Waals surface area contributed by atoms with Gasteiger partial charge in [0.15, 0.2) is 0 Å². The van der Waals surface area contributed by atoms with Crippen LogP contribution in [0.25, 0.3) is 0 Å². The number of benzene rings is 1. The van der Waals surface area contributed by atoms with Crippen molar-refractivity contribution in [2.45, 2.75) is 19.8 Å². The Morgan fingerprint density at radius 3 is 2.29 bits per heavy atom. The summed E-state index contributed by atoms with van der Waals surface area (Å²) in [6, 6.07) is 3.26. The highest BCUT2D eigenvalue weighted by molar-refractivity contribution is 6.41. The largest absolute Gasteiger partial charge is 0.275 e. The molecule has 0 saturated heterocycles. The fraction of sp³-hybridized carbons (Fsp3) is 0.250. The van der Waals surface area contributed by atoms with Crippen LogP contribution >= 0.6 is 34.8 Å². The number of hydrogen-bond acceptors (Lipinski definition) is 2. The van der Waals surface area contributed by atoms with Crippen molar-refractivity contribution in [2.75, 3.05) is 5.43 Å². The predicted molar refractivity (Wildman–Crippen MR) is 75.5 cm³/mol. The van der Waals surface area contributed by atoms with Crippen LogP contribution in [0, 0.1) is 0 Å². The average molecular weight is 290 g/mol. The molecule has 1 aromatic rings. The number of rotatable bonds is 2. The average Bonchev–Trinajstić information content (AvgIpc) is 2.62. The number of anilines is 1. The third kappa shape index (κ3) is 3.15. The van der Waals surface area contributed by atoms with E-state index in [0.717, 1.165) is 18.6 Å². The second-order valence-corrected chi connectivity index (χ2v) is 5.20. The maximum atomic E-state index is 6.03. The highest BCUT2D eigenvalue weighted by Crippen LogP contribution is 2.33. The quantitative estimate of drug-likeness (QED) is 0.748. The summed E-state index contributed by atoms with van der Waals surface area (Å²) < 4.78 is 0. The fourth-order valence-corrected chi connectivity index (χ4v) is 2.52. The molecule has 0 aliphatic heterocycles. The second-order valence-electron chi connectivity index (χ2n) is 3.95. The van der Waals surface area contributed by atoms with Crippen molar-refractivity contribution in [3.05, 3.63) is 38.8 Å². The van der Waals surface area contributed by atoms with Gasteiger partial charge in [0.2, 0.25) is 0 Å². The van der Waals surface area contributed by atoms with E-state index in [1.807, 2.05) is 0 Å². The summed E-state index contributed by atoms with van der Waals surface area (Å²) >= 11 is 17.9. The normalized spacial score (nSPS) is 17.4. The maximum Gasteiger partial charge on any atom is 0.0935 e. The first kappa shape index (κ1) is 12.7. The zero-order valence-corrected chi connectivity index (χ0v) is 11.5. The van der Waals surface area contributed by atoms with E-state index in [1.165, 1.54) is 5.57 Å². The Labute approximate surface area is 115 Å². The lowest BCUT2D eigenvalue weighted by Gasteiger charge is -2.07. The van der Waals surface area contributed by atoms with Crippen LogP contribution in [0.2, 0.25) is 15.1 Å². The fourth-order valence-electron chi connectivity index (χ4n) is 1.62. The topological polar surface area (TPSA) is 24.4 Å². The Balaban J connectivity index is 2.20. The van der Waals surface area contributed by atoms with E-state index < -0.39 is 0 Å². The Hall–Kier alpha value is -0.700. The van der Waals surface area contributed by atoms with Crippen molar-refractivity contribution in [1.82, 2.24) is 0 Å². The van der Waals surface area contributed by atoms with Gasteiger partial charge < -0.3 is 0 Å². The molecule has 17 heavy (non-hydrogen) atoms. The van der Waals surface area contributed by atoms with Gasteiger partial charge in [-0.25, -0.2) is 0 Å². The Morgan fingerprint density at radius 2 is 1.76 bits per heavy atom. The van der Waals surface area contributed by atoms with E-state index in [4.69, 9.17) is 34.8 Å². The van der Waals surface area contributed by atoms with Gasteiger partial charge in [0, 0.05) is 5.02 Å². The molecule has 0 atom stereocenters. The van der Waals surface area contributed by atoms with Gasteiger partial charge in [-0.3, -0.25) is 5.43 Å². The molecule has 0 amide bonds. The van der Waals surface area contributed by atoms with Crippen LogP contribution in [-0.4, -0.2) is 5.71 Å². The van der Waals surface area contributed by atoms with E-state index in [-0.39, 0.29) is 0 Å². The van der Waals surface area contributed by atoms with Gasteiger partial charge in [-0.05, 0) is 38.0 Å². The molecule has 1 aliphatic rings. The second kappa shape index (κ2) is 5.30. The highest BCUT2D eigenvalue weighted by atomic mass is 35.5. The summed E-state index contributed by atoms with van der Waals surface area (Å²) in [5.41, 5.74) is 5.81. The zero-order valence-electron chi connectivity index (χ0n) is 9.23. The molecule has 0 heterocycles. The van der Waals surface area contributed by atoms with Gasteiger partial charge in [0.1, 0.15) is 0 Å². The molecule has 5 heteroatoms. The third-order valence-electron chi connectivity index (χ3n) is 2.51. The lowest BCUT2D eigenvalue weighted by atomic mass is 10.3. The smallest absolute Gasteiger partial charge is 0.0935 e. The molecule has 0 aromatic heterocycles. The van der Waals surface area contributed by atoms with Crippen molar-refractivity contribution >= 4 is 46.2 Å². The SMILES string of the molecule is CC1=C/C(=N\Nc2c(Cl)cc(Cl)cc2Cl)CC1. The minimum atomic E-state index is 0.463. The van der Waals surface area contributed by atoms with Crippen LogP contribution in [0.15, 0.2) is 28.9 Å². The first-order chi connectivity index (χ1) is 8.06. The molecule has 1 aromatic carbocycles. The van der Waals surface area contributed by atoms with Gasteiger partial charge in [-0.2, -0.15) is 5.10 Å². The zero-order chi connectivity index (χ0) is 12.4. The number of allylic oxidation sites excluding steroid dienone is 2. The molecule has 1 aliphatic carbocycles. The third-order valence-corrected chi connectivity index (χ3v) is 3.32. The minimum Gasteiger partial charge on any atom is -0.275 e. The number of nitrogens with zero attached hydrogens (tertiary/aromatic N) is 1. The summed E-state index contributed by atoms with van der Waals surface area (Å²) in [6.45, 7) is 2.09. The van der Waals surface area contributed by atoms with E-state index in [1.54, 1.807) is 12.1 Å². The summed E-state index contributed by atoms with van der Waals surface area (Å²) in [4.78, 5) is 0. The van der Waals surface area contributed by atoms with Crippen LogP contribution in [0.4, 0.5) is 5.69 Å². The van der Waals surface area contributed by atoms with Crippen LogP contribution in [-0.2, 0) is 0 Å². The maximum absolute atomic E-state index is 6.03. The van der Waals surface area contributed by atoms with E-state index in [2.05, 4.69) is 23.5 Å². The molecule has 0 bridgehead atoms. The molecular weight excluding hydrogens is 279 g/mol. The molecule has 0 spiro atoms. The number of halogens is 3. The standard InChI is InChI=1S/C12H11Cl3N2/c1-7-2-3-9(4-7)16-17-12-10(14)5-8(13)6-11(12)15/h4-6,17H,2-3H2,1H3/b16-9-. The molecule has 0 saturated carbocycles. The van der Waals surface area contributed by atoms with Crippen molar-refractivity contribution in [1.29, 1.82) is 0 Å². The molecular formula is C12H11Cl3N2. The van der Waals surface area contributed by atoms with Gasteiger partial charge in [-0.1, -0.05) is 40.4 Å². The first-order valence-corrected chi connectivity index (χ1v) is 6.34. The molecule has 2 nitrogen and oxygen atoms in total. The molecule has 0 radical (unpaired) electrons. The van der Waals surface area contributed by atoms with Crippen LogP contribution in [0.5, 0.6) is 0 Å². The predicted octanol–water partition coefficient (Wildman–Crippen LogP) is 5.15. The minimum absolute atomic E-state index is 0.463. The molecule has 0 fully saturated rings. The Bertz CT molecular complexity index is 483. The number of nitrogens with one attached hydrogen (secondary N) is 1. The van der Waals surface area contributed by atoms with Crippen molar-refractivity contribution in [2.24, 2.45) is 5.10 Å². The van der Waals surface area contributed by atoms with Crippen molar-refractivity contribution in [3.8, 4) is 0 Å². The first-order valence-electron chi connectivity index (χ1n) is 5.20. The summed E-state index contributed by atoms with van der Waals surface area (Å²) in [5, 5.41) is 5.71. The molecule has 2 rings (SSSR count). The summed E-state index contributed by atoms with van der Waals surface area (Å²) in [5.74, 6) is 0. The van der Waals surface area contributed by atoms with Gasteiger partial charge in [-0.15, -0.1) is 0 Å². The van der Waals surface area contributed by atoms with Crippen molar-refractivity contribution in [3.63, 3.8) is 0 Å². The summed E-state index contributed by atoms with van der Waals surface area (Å²) in [6.07, 6.45) is 4.06. The van der Waals surface area contributed by atoms with Gasteiger partial charge >= 0.3 is 0 Å². The summed E-state index contributed by atoms with van der Waals surface area (Å²) in [7, 11) is 0. The molecule has 0 unspecified atom stereocenters. The van der Waals surface area contributed by atoms with Gasteiger partial charge in [0.25, 0.3) is 0 Å². The highest BCUT2D eigenvalue weighted by Gasteiger charge is 2.09. The monoisotopic (exact) mass is 288 g/mol. The number of hydrazone groups is 1. The van der Waals surface area contributed by atoms with Crippen LogP contribution < -0.4 is 5.43 Å². The van der Waals surface area contributed by atoms with E-state index >= 15 is 0 Å². The lowest BCUT2D eigenvalue weighted by molar-refractivity contribution is 1.05. The Kier molecular flexibility index (Phi) is 3.97. The Morgan fingerprint density at radius 1 is 1.12 bits per heavy atom. The van der Waals surface area contributed by atoms with E-state index in [9.17, 15) is 0 Å². The lowest BCUT2D eigenvalue weighted by Crippen LogP contribution is -1.97. The van der Waals surface area contributed by atoms with Gasteiger partial charge in [0.05, 0.1) is 21.4 Å². The van der Waals surface area contributed by atoms with Crippen LogP contribution in [0.3, 0.4) is 0 Å². The molecule has 90 valence electrons. The molecule has 1 N–H and O–H groups in total. The van der Waals surface area contributed by atoms with Crippen molar-refractivity contribution < 1.29 is 0 Å². The van der Waals surface area contributed by atoms with E-state index in [0.29, 0.717) is 20.8 Å². The van der Waals surface area contributed by atoms with Crippen LogP contribution in [0.1, 0.15) is 19.8 Å². The number of hydrogen-bond donors (Lipinski definition) is 1.